The molecule has 7 heteroatoms. The molecule has 0 saturated carbocycles. The Hall–Kier alpha value is -2.17. The van der Waals surface area contributed by atoms with Crippen molar-refractivity contribution in [1.82, 2.24) is 9.97 Å². The molecule has 21 heavy (non-hydrogen) atoms. The molecule has 1 aromatic heterocycles. The lowest BCUT2D eigenvalue weighted by Gasteiger charge is -2.11. The Morgan fingerprint density at radius 2 is 1.95 bits per heavy atom. The lowest BCUT2D eigenvalue weighted by Crippen LogP contribution is -2.13. The summed E-state index contributed by atoms with van der Waals surface area (Å²) in [5.41, 5.74) is 3.72. The van der Waals surface area contributed by atoms with E-state index in [0.717, 1.165) is 0 Å². The van der Waals surface area contributed by atoms with Gasteiger partial charge in [-0.25, -0.2) is 20.2 Å². The molecule has 0 aliphatic rings. The zero-order chi connectivity index (χ0) is 15.4. The molecule has 5 nitrogen and oxygen atoms in total. The molecular formula is C14H14FN5S. The molecule has 2 aromatic rings. The Labute approximate surface area is 126 Å². The van der Waals surface area contributed by atoms with Crippen LogP contribution in [0.1, 0.15) is 19.4 Å². The van der Waals surface area contributed by atoms with Crippen LogP contribution >= 0.6 is 11.8 Å². The van der Waals surface area contributed by atoms with Crippen LogP contribution in [0.15, 0.2) is 29.4 Å². The molecular weight excluding hydrogens is 289 g/mol. The maximum atomic E-state index is 13.0. The summed E-state index contributed by atoms with van der Waals surface area (Å²) >= 11 is 1.46. The van der Waals surface area contributed by atoms with E-state index >= 15 is 0 Å². The first-order chi connectivity index (χ1) is 10.0. The summed E-state index contributed by atoms with van der Waals surface area (Å²) in [6, 6.07) is 7.83. The molecule has 0 bridgehead atoms. The molecule has 0 atom stereocenters. The van der Waals surface area contributed by atoms with Crippen LogP contribution in [0.25, 0.3) is 11.3 Å². The number of anilines is 1. The Bertz CT molecular complexity index is 679. The number of nitrogens with one attached hydrogen (secondary N) is 1. The number of nitrogen functional groups attached to an aromatic ring is 1. The number of benzene rings is 1. The zero-order valence-electron chi connectivity index (χ0n) is 11.6. The molecule has 108 valence electrons. The average Bonchev–Trinajstić information content (AvgIpc) is 2.46. The molecule has 1 heterocycles. The van der Waals surface area contributed by atoms with Gasteiger partial charge in [-0.2, -0.15) is 5.26 Å². The first kappa shape index (κ1) is 15.2. The predicted molar refractivity (Wildman–Crippen MR) is 80.9 cm³/mol. The monoisotopic (exact) mass is 303 g/mol. The van der Waals surface area contributed by atoms with Gasteiger partial charge in [-0.05, 0) is 24.3 Å². The fourth-order valence-electron chi connectivity index (χ4n) is 1.73. The lowest BCUT2D eigenvalue weighted by atomic mass is 10.1. The summed E-state index contributed by atoms with van der Waals surface area (Å²) in [5, 5.41) is 10.1. The summed E-state index contributed by atoms with van der Waals surface area (Å²) in [6.07, 6.45) is 0. The maximum absolute atomic E-state index is 13.0. The van der Waals surface area contributed by atoms with E-state index in [-0.39, 0.29) is 22.4 Å². The minimum absolute atomic E-state index is 0.234. The van der Waals surface area contributed by atoms with Crippen LogP contribution in [0.4, 0.5) is 10.2 Å². The molecule has 3 N–H and O–H groups in total. The first-order valence-corrected chi connectivity index (χ1v) is 7.14. The third-order valence-corrected chi connectivity index (χ3v) is 3.46. The van der Waals surface area contributed by atoms with Crippen LogP contribution in [-0.4, -0.2) is 15.2 Å². The van der Waals surface area contributed by atoms with Gasteiger partial charge in [0.2, 0.25) is 0 Å². The largest absolute Gasteiger partial charge is 0.307 e. The predicted octanol–water partition coefficient (Wildman–Crippen LogP) is 2.94. The quantitative estimate of drug-likeness (QED) is 0.391. The topological polar surface area (TPSA) is 87.6 Å². The smallest absolute Gasteiger partial charge is 0.190 e. The summed E-state index contributed by atoms with van der Waals surface area (Å²) in [4.78, 5) is 8.63. The van der Waals surface area contributed by atoms with Crippen molar-refractivity contribution >= 4 is 17.6 Å². The number of aromatic nitrogens is 2. The van der Waals surface area contributed by atoms with Crippen LogP contribution in [0.3, 0.4) is 0 Å². The van der Waals surface area contributed by atoms with Gasteiger partial charge >= 0.3 is 0 Å². The van der Waals surface area contributed by atoms with E-state index in [1.165, 1.54) is 23.9 Å². The van der Waals surface area contributed by atoms with Crippen molar-refractivity contribution in [3.63, 3.8) is 0 Å². The van der Waals surface area contributed by atoms with Gasteiger partial charge in [0.1, 0.15) is 17.4 Å². The zero-order valence-corrected chi connectivity index (χ0v) is 12.4. The third kappa shape index (κ3) is 3.48. The number of nitrogens with zero attached hydrogens (tertiary/aromatic N) is 3. The van der Waals surface area contributed by atoms with E-state index in [1.807, 2.05) is 19.9 Å². The highest BCUT2D eigenvalue weighted by molar-refractivity contribution is 7.99. The molecule has 0 spiro atoms. The van der Waals surface area contributed by atoms with Crippen LogP contribution in [0.2, 0.25) is 0 Å². The summed E-state index contributed by atoms with van der Waals surface area (Å²) in [6.45, 7) is 4.03. The number of hydrogen-bond donors (Lipinski definition) is 2. The summed E-state index contributed by atoms with van der Waals surface area (Å²) < 4.78 is 13.0. The van der Waals surface area contributed by atoms with Crippen LogP contribution in [-0.2, 0) is 0 Å². The van der Waals surface area contributed by atoms with Crippen molar-refractivity contribution < 1.29 is 4.39 Å². The number of hydrogen-bond acceptors (Lipinski definition) is 6. The van der Waals surface area contributed by atoms with Crippen LogP contribution in [0.5, 0.6) is 0 Å². The van der Waals surface area contributed by atoms with Gasteiger partial charge in [0.05, 0.1) is 5.69 Å². The minimum Gasteiger partial charge on any atom is -0.307 e. The Balaban J connectivity index is 2.61. The molecule has 0 radical (unpaired) electrons. The Kier molecular flexibility index (Phi) is 4.73. The van der Waals surface area contributed by atoms with Gasteiger partial charge in [0.15, 0.2) is 11.0 Å². The molecule has 1 aromatic carbocycles. The first-order valence-electron chi connectivity index (χ1n) is 6.26. The van der Waals surface area contributed by atoms with Crippen LogP contribution in [0, 0.1) is 17.1 Å². The van der Waals surface area contributed by atoms with E-state index in [1.54, 1.807) is 12.1 Å². The minimum atomic E-state index is -0.347. The second kappa shape index (κ2) is 6.52. The van der Waals surface area contributed by atoms with Gasteiger partial charge in [0, 0.05) is 10.8 Å². The highest BCUT2D eigenvalue weighted by Crippen LogP contribution is 2.29. The molecule has 0 aliphatic heterocycles. The van der Waals surface area contributed by atoms with E-state index < -0.39 is 0 Å². The van der Waals surface area contributed by atoms with Gasteiger partial charge in [-0.15, -0.1) is 0 Å². The highest BCUT2D eigenvalue weighted by Gasteiger charge is 2.16. The summed E-state index contributed by atoms with van der Waals surface area (Å²) in [7, 11) is 0. The molecule has 0 unspecified atom stereocenters. The Morgan fingerprint density at radius 3 is 2.48 bits per heavy atom. The highest BCUT2D eigenvalue weighted by atomic mass is 32.2. The van der Waals surface area contributed by atoms with Gasteiger partial charge in [0.25, 0.3) is 0 Å². The second-order valence-corrected chi connectivity index (χ2v) is 6.05. The lowest BCUT2D eigenvalue weighted by molar-refractivity contribution is 0.628. The number of hydrazine groups is 1. The van der Waals surface area contributed by atoms with Crippen molar-refractivity contribution in [1.29, 1.82) is 5.26 Å². The second-order valence-electron chi connectivity index (χ2n) is 4.51. The standard InChI is InChI=1S/C14H14FN5S/c1-8(2)21-14-18-12(9-3-5-10(15)6-4-9)11(7-16)13(19-14)20-17/h3-6,8H,17H2,1-2H3,(H,18,19,20). The Morgan fingerprint density at radius 1 is 1.29 bits per heavy atom. The van der Waals surface area contributed by atoms with E-state index in [9.17, 15) is 9.65 Å². The van der Waals surface area contributed by atoms with Crippen LogP contribution < -0.4 is 11.3 Å². The molecule has 0 saturated heterocycles. The number of nitrogens with two attached hydrogens (primary N) is 1. The number of thioether (sulfide) groups is 1. The van der Waals surface area contributed by atoms with E-state index in [0.29, 0.717) is 16.4 Å². The molecule has 0 amide bonds. The third-order valence-electron chi connectivity index (χ3n) is 2.60. The van der Waals surface area contributed by atoms with E-state index in [4.69, 9.17) is 5.84 Å². The molecule has 0 aliphatic carbocycles. The fourth-order valence-corrected chi connectivity index (χ4v) is 2.44. The van der Waals surface area contributed by atoms with E-state index in [2.05, 4.69) is 15.4 Å². The van der Waals surface area contributed by atoms with Gasteiger partial charge in [-0.3, -0.25) is 0 Å². The van der Waals surface area contributed by atoms with Crippen molar-refractivity contribution in [3.05, 3.63) is 35.6 Å². The normalized spacial score (nSPS) is 10.5. The molecule has 0 fully saturated rings. The van der Waals surface area contributed by atoms with Gasteiger partial charge in [-0.1, -0.05) is 25.6 Å². The summed E-state index contributed by atoms with van der Waals surface area (Å²) in [5.74, 6) is 5.35. The number of rotatable bonds is 4. The van der Waals surface area contributed by atoms with Crippen molar-refractivity contribution in [2.24, 2.45) is 5.84 Å². The number of nitriles is 1. The van der Waals surface area contributed by atoms with Gasteiger partial charge < -0.3 is 5.43 Å². The fraction of sp³-hybridized carbons (Fsp3) is 0.214. The molecule has 2 rings (SSSR count). The SMILES string of the molecule is CC(C)Sc1nc(NN)c(C#N)c(-c2ccc(F)cc2)n1. The van der Waals surface area contributed by atoms with Crippen molar-refractivity contribution in [3.8, 4) is 17.3 Å². The average molecular weight is 303 g/mol. The van der Waals surface area contributed by atoms with Crippen molar-refractivity contribution in [2.45, 2.75) is 24.3 Å². The van der Waals surface area contributed by atoms with Crippen molar-refractivity contribution in [2.75, 3.05) is 5.43 Å². The number of halogens is 1. The maximum Gasteiger partial charge on any atom is 0.190 e.